The molecule has 6 heteroatoms. The third kappa shape index (κ3) is 15.0. The second kappa shape index (κ2) is 13.9. The summed E-state index contributed by atoms with van der Waals surface area (Å²) >= 11 is 1.84. The summed E-state index contributed by atoms with van der Waals surface area (Å²) in [6.45, 7) is 15.0. The molecule has 0 amide bonds. The Balaban J connectivity index is 0. The Morgan fingerprint density at radius 3 is 2.43 bits per heavy atom. The molecule has 0 saturated carbocycles. The van der Waals surface area contributed by atoms with Gasteiger partial charge < -0.3 is 15.4 Å². The van der Waals surface area contributed by atoms with Crippen molar-refractivity contribution in [2.75, 3.05) is 39.1 Å². The van der Waals surface area contributed by atoms with E-state index in [9.17, 15) is 0 Å². The molecule has 0 atom stereocenters. The number of hydrogen-bond acceptors (Lipinski definition) is 3. The predicted molar refractivity (Wildman–Crippen MR) is 107 cm³/mol. The van der Waals surface area contributed by atoms with Gasteiger partial charge in [-0.15, -0.1) is 24.0 Å². The van der Waals surface area contributed by atoms with E-state index < -0.39 is 0 Å². The van der Waals surface area contributed by atoms with Crippen molar-refractivity contribution in [2.24, 2.45) is 10.9 Å². The average molecular weight is 431 g/mol. The molecule has 0 aromatic heterocycles. The van der Waals surface area contributed by atoms with E-state index in [2.05, 4.69) is 56.5 Å². The van der Waals surface area contributed by atoms with E-state index in [0.29, 0.717) is 5.92 Å². The summed E-state index contributed by atoms with van der Waals surface area (Å²) in [6, 6.07) is 0. The molecule has 0 unspecified atom stereocenters. The van der Waals surface area contributed by atoms with E-state index >= 15 is 0 Å². The van der Waals surface area contributed by atoms with Crippen LogP contribution >= 0.6 is 35.7 Å². The van der Waals surface area contributed by atoms with E-state index in [-0.39, 0.29) is 28.7 Å². The minimum absolute atomic E-state index is 0. The van der Waals surface area contributed by atoms with Gasteiger partial charge >= 0.3 is 0 Å². The Labute approximate surface area is 152 Å². The van der Waals surface area contributed by atoms with E-state index in [1.165, 1.54) is 0 Å². The number of thioether (sulfide) groups is 1. The number of nitrogens with zero attached hydrogens (tertiary/aromatic N) is 1. The molecule has 0 aliphatic heterocycles. The zero-order valence-electron chi connectivity index (χ0n) is 14.5. The van der Waals surface area contributed by atoms with Crippen LogP contribution in [0.5, 0.6) is 0 Å². The number of hydrogen-bond donors (Lipinski definition) is 2. The van der Waals surface area contributed by atoms with Crippen molar-refractivity contribution in [3.63, 3.8) is 0 Å². The fraction of sp³-hybridized carbons (Fsp3) is 0.933. The van der Waals surface area contributed by atoms with Crippen molar-refractivity contribution in [1.82, 2.24) is 10.6 Å². The Morgan fingerprint density at radius 2 is 1.90 bits per heavy atom. The largest absolute Gasteiger partial charge is 0.380 e. The van der Waals surface area contributed by atoms with Crippen LogP contribution in [0.2, 0.25) is 0 Å². The summed E-state index contributed by atoms with van der Waals surface area (Å²) in [5.41, 5.74) is 0. The molecule has 0 bridgehead atoms. The van der Waals surface area contributed by atoms with E-state index in [1.807, 2.05) is 11.8 Å². The van der Waals surface area contributed by atoms with Crippen LogP contribution in [0, 0.1) is 5.92 Å². The molecule has 128 valence electrons. The van der Waals surface area contributed by atoms with Crippen LogP contribution < -0.4 is 10.6 Å². The molecule has 2 N–H and O–H groups in total. The quantitative estimate of drug-likeness (QED) is 0.241. The van der Waals surface area contributed by atoms with Gasteiger partial charge in [-0.25, -0.2) is 0 Å². The predicted octanol–water partition coefficient (Wildman–Crippen LogP) is 3.36. The first-order valence-corrected chi connectivity index (χ1v) is 8.79. The van der Waals surface area contributed by atoms with Gasteiger partial charge in [0.1, 0.15) is 0 Å². The highest BCUT2D eigenvalue weighted by Crippen LogP contribution is 2.20. The lowest BCUT2D eigenvalue weighted by Gasteiger charge is -2.20. The summed E-state index contributed by atoms with van der Waals surface area (Å²) < 4.78 is 5.77. The second-order valence-electron chi connectivity index (χ2n) is 5.88. The minimum atomic E-state index is 0. The molecule has 0 aromatic carbocycles. The van der Waals surface area contributed by atoms with Crippen LogP contribution in [-0.4, -0.2) is 49.8 Å². The Bertz CT molecular complexity index is 274. The average Bonchev–Trinajstić information content (AvgIpc) is 2.39. The molecule has 0 spiro atoms. The van der Waals surface area contributed by atoms with Gasteiger partial charge in [-0.3, -0.25) is 4.99 Å². The summed E-state index contributed by atoms with van der Waals surface area (Å²) in [6.07, 6.45) is 3.24. The molecule has 4 nitrogen and oxygen atoms in total. The molecule has 0 aromatic rings. The van der Waals surface area contributed by atoms with E-state index in [0.717, 1.165) is 45.2 Å². The lowest BCUT2D eigenvalue weighted by molar-refractivity contribution is 0.128. The summed E-state index contributed by atoms with van der Waals surface area (Å²) in [4.78, 5) is 4.62. The van der Waals surface area contributed by atoms with E-state index in [4.69, 9.17) is 4.74 Å². The van der Waals surface area contributed by atoms with Gasteiger partial charge in [0.15, 0.2) is 5.96 Å². The van der Waals surface area contributed by atoms with Crippen molar-refractivity contribution in [3.05, 3.63) is 0 Å². The third-order valence-corrected chi connectivity index (χ3v) is 4.13. The van der Waals surface area contributed by atoms with Gasteiger partial charge in [-0.2, -0.15) is 11.8 Å². The maximum Gasteiger partial charge on any atom is 0.191 e. The van der Waals surface area contributed by atoms with Crippen molar-refractivity contribution >= 4 is 41.7 Å². The highest BCUT2D eigenvalue weighted by Gasteiger charge is 2.15. The number of ether oxygens (including phenoxy) is 1. The van der Waals surface area contributed by atoms with Gasteiger partial charge in [-0.1, -0.05) is 13.8 Å². The first kappa shape index (κ1) is 23.6. The van der Waals surface area contributed by atoms with Crippen LogP contribution in [-0.2, 0) is 4.74 Å². The zero-order chi connectivity index (χ0) is 15.4. The van der Waals surface area contributed by atoms with Crippen molar-refractivity contribution < 1.29 is 4.74 Å². The van der Waals surface area contributed by atoms with Gasteiger partial charge in [0.05, 0.1) is 13.2 Å². The zero-order valence-corrected chi connectivity index (χ0v) is 17.6. The Kier molecular flexibility index (Phi) is 15.6. The minimum Gasteiger partial charge on any atom is -0.380 e. The van der Waals surface area contributed by atoms with Gasteiger partial charge in [0.25, 0.3) is 0 Å². The number of nitrogens with one attached hydrogen (secondary N) is 2. The Hall–Kier alpha value is 0.310. The fourth-order valence-electron chi connectivity index (χ4n) is 1.34. The summed E-state index contributed by atoms with van der Waals surface area (Å²) in [5.74, 6) is 1.58. The second-order valence-corrected chi connectivity index (χ2v) is 7.39. The molecule has 0 rings (SSSR count). The molecular weight excluding hydrogens is 397 g/mol. The maximum atomic E-state index is 5.59. The maximum absolute atomic E-state index is 5.59. The van der Waals surface area contributed by atoms with Crippen LogP contribution in [0.3, 0.4) is 0 Å². The number of halogens is 1. The lowest BCUT2D eigenvalue weighted by atomic mass is 10.1. The first-order chi connectivity index (χ1) is 9.41. The number of aliphatic imine (C=N–C) groups is 1. The smallest absolute Gasteiger partial charge is 0.191 e. The topological polar surface area (TPSA) is 45.7 Å². The number of guanidine groups is 1. The molecule has 0 heterocycles. The van der Waals surface area contributed by atoms with Gasteiger partial charge in [-0.05, 0) is 39.4 Å². The molecule has 0 aliphatic carbocycles. The normalized spacial score (nSPS) is 12.2. The van der Waals surface area contributed by atoms with Crippen LogP contribution in [0.25, 0.3) is 0 Å². The van der Waals surface area contributed by atoms with Crippen molar-refractivity contribution in [3.8, 4) is 0 Å². The van der Waals surface area contributed by atoms with Gasteiger partial charge in [0.2, 0.25) is 0 Å². The molecule has 0 saturated heterocycles. The molecule has 0 radical (unpaired) electrons. The van der Waals surface area contributed by atoms with Crippen molar-refractivity contribution in [1.29, 1.82) is 0 Å². The van der Waals surface area contributed by atoms with Crippen LogP contribution in [0.4, 0.5) is 0 Å². The van der Waals surface area contributed by atoms with Crippen molar-refractivity contribution in [2.45, 2.75) is 45.8 Å². The standard InChI is InChI=1S/C15H33N3OS.HI/c1-7-16-14(18-12-15(4,5)20-6)17-9-11-19-10-8-13(2)3;/h13H,7-12H2,1-6H3,(H2,16,17,18);1H. The van der Waals surface area contributed by atoms with Crippen LogP contribution in [0.15, 0.2) is 4.99 Å². The Morgan fingerprint density at radius 1 is 1.24 bits per heavy atom. The van der Waals surface area contributed by atoms with Gasteiger partial charge in [0, 0.05) is 24.4 Å². The van der Waals surface area contributed by atoms with Crippen LogP contribution in [0.1, 0.15) is 41.0 Å². The highest BCUT2D eigenvalue weighted by atomic mass is 127. The summed E-state index contributed by atoms with van der Waals surface area (Å²) in [5, 5.41) is 6.57. The van der Waals surface area contributed by atoms with E-state index in [1.54, 1.807) is 0 Å². The molecular formula is C15H34IN3OS. The monoisotopic (exact) mass is 431 g/mol. The summed E-state index contributed by atoms with van der Waals surface area (Å²) in [7, 11) is 0. The highest BCUT2D eigenvalue weighted by molar-refractivity contribution is 14.0. The first-order valence-electron chi connectivity index (χ1n) is 7.56. The third-order valence-electron chi connectivity index (χ3n) is 2.89. The molecule has 21 heavy (non-hydrogen) atoms. The fourth-order valence-corrected chi connectivity index (χ4v) is 1.53. The lowest BCUT2D eigenvalue weighted by Crippen LogP contribution is -2.40. The molecule has 0 fully saturated rings. The SMILES string of the molecule is CCNC(=NCC(C)(C)SC)NCCOCCC(C)C.I. The molecule has 0 aliphatic rings. The number of rotatable bonds is 10.